The molecular weight excluding hydrogens is 354 g/mol. The predicted molar refractivity (Wildman–Crippen MR) is 103 cm³/mol. The lowest BCUT2D eigenvalue weighted by Crippen LogP contribution is -2.36. The summed E-state index contributed by atoms with van der Waals surface area (Å²) in [6, 6.07) is 8.91. The van der Waals surface area contributed by atoms with Crippen LogP contribution in [0.5, 0.6) is 0 Å². The number of rotatable bonds is 5. The molecule has 0 saturated carbocycles. The van der Waals surface area contributed by atoms with E-state index in [1.54, 1.807) is 6.92 Å². The largest absolute Gasteiger partial charge is 0.383 e. The molecule has 3 rings (SSSR count). The third-order valence-corrected chi connectivity index (χ3v) is 4.89. The van der Waals surface area contributed by atoms with Crippen molar-refractivity contribution >= 4 is 34.9 Å². The summed E-state index contributed by atoms with van der Waals surface area (Å²) >= 11 is 1.14. The number of nitrogens with two attached hydrogens (primary N) is 1. The Morgan fingerprint density at radius 2 is 2.04 bits per heavy atom. The summed E-state index contributed by atoms with van der Waals surface area (Å²) in [6.45, 7) is 4.93. The Morgan fingerprint density at radius 3 is 2.69 bits per heavy atom. The van der Waals surface area contributed by atoms with E-state index in [1.165, 1.54) is 6.07 Å². The number of hydrogen-bond donors (Lipinski definition) is 3. The normalized spacial score (nSPS) is 15.5. The number of carbonyl (C=O) groups is 1. The van der Waals surface area contributed by atoms with Crippen LogP contribution in [-0.2, 0) is 9.53 Å². The lowest BCUT2D eigenvalue weighted by atomic mass is 10.2. The number of nitrogen functional groups attached to an aromatic ring is 1. The van der Waals surface area contributed by atoms with Crippen molar-refractivity contribution in [3.05, 3.63) is 40.7 Å². The van der Waals surface area contributed by atoms with Gasteiger partial charge in [-0.15, -0.1) is 0 Å². The van der Waals surface area contributed by atoms with Gasteiger partial charge in [-0.1, -0.05) is 11.8 Å². The molecule has 1 atom stereocenters. The molecule has 1 saturated heterocycles. The van der Waals surface area contributed by atoms with E-state index in [9.17, 15) is 9.59 Å². The standard InChI is InChI=1S/C17H21N5O3S/c1-11(26-17-20-14(18)10-15(23)21-17)16(24)19-12-2-4-13(5-3-12)22-6-8-25-9-7-22/h2-5,10-11H,6-9H2,1H3,(H,19,24)(H3,18,20,21,23). The van der Waals surface area contributed by atoms with Gasteiger partial charge >= 0.3 is 0 Å². The van der Waals surface area contributed by atoms with E-state index in [4.69, 9.17) is 10.5 Å². The third-order valence-electron chi connectivity index (χ3n) is 3.91. The molecule has 138 valence electrons. The van der Waals surface area contributed by atoms with Crippen LogP contribution < -0.4 is 21.5 Å². The van der Waals surface area contributed by atoms with Crippen molar-refractivity contribution in [1.82, 2.24) is 9.97 Å². The summed E-state index contributed by atoms with van der Waals surface area (Å²) in [5, 5.41) is 2.74. The number of nitrogens with one attached hydrogen (secondary N) is 2. The molecule has 2 heterocycles. The molecule has 0 radical (unpaired) electrons. The van der Waals surface area contributed by atoms with Gasteiger partial charge in [-0.3, -0.25) is 9.59 Å². The van der Waals surface area contributed by atoms with Crippen molar-refractivity contribution in [2.75, 3.05) is 42.3 Å². The van der Waals surface area contributed by atoms with Gasteiger partial charge in [-0.05, 0) is 31.2 Å². The SMILES string of the molecule is CC(Sc1nc(N)cc(=O)[nH]1)C(=O)Nc1ccc(N2CCOCC2)cc1. The fourth-order valence-corrected chi connectivity index (χ4v) is 3.37. The van der Waals surface area contributed by atoms with Gasteiger partial charge in [0.25, 0.3) is 5.56 Å². The Labute approximate surface area is 155 Å². The van der Waals surface area contributed by atoms with Gasteiger partial charge in [0.05, 0.1) is 18.5 Å². The maximum atomic E-state index is 12.4. The Bertz CT molecular complexity index is 818. The van der Waals surface area contributed by atoms with Gasteiger partial charge in [0.1, 0.15) is 5.82 Å². The van der Waals surface area contributed by atoms with Gasteiger partial charge < -0.3 is 25.7 Å². The van der Waals surface area contributed by atoms with Crippen LogP contribution in [0.4, 0.5) is 17.2 Å². The Balaban J connectivity index is 1.59. The summed E-state index contributed by atoms with van der Waals surface area (Å²) in [5.41, 5.74) is 7.04. The minimum absolute atomic E-state index is 0.127. The van der Waals surface area contributed by atoms with Gasteiger partial charge in [0, 0.05) is 30.5 Å². The number of benzene rings is 1. The molecule has 4 N–H and O–H groups in total. The number of thioether (sulfide) groups is 1. The first-order valence-electron chi connectivity index (χ1n) is 8.28. The van der Waals surface area contributed by atoms with Crippen LogP contribution in [0, 0.1) is 0 Å². The second kappa shape index (κ2) is 8.24. The molecule has 1 amide bonds. The maximum absolute atomic E-state index is 12.4. The van der Waals surface area contributed by atoms with E-state index in [2.05, 4.69) is 20.2 Å². The van der Waals surface area contributed by atoms with Crippen LogP contribution >= 0.6 is 11.8 Å². The highest BCUT2D eigenvalue weighted by atomic mass is 32.2. The molecule has 1 aromatic carbocycles. The maximum Gasteiger partial charge on any atom is 0.253 e. The molecule has 0 aliphatic carbocycles. The molecule has 26 heavy (non-hydrogen) atoms. The van der Waals surface area contributed by atoms with E-state index < -0.39 is 5.25 Å². The molecule has 9 heteroatoms. The fraction of sp³-hybridized carbons (Fsp3) is 0.353. The van der Waals surface area contributed by atoms with Crippen molar-refractivity contribution in [3.8, 4) is 0 Å². The Kier molecular flexibility index (Phi) is 5.79. The third kappa shape index (κ3) is 4.77. The molecule has 1 aliphatic heterocycles. The zero-order chi connectivity index (χ0) is 18.5. The zero-order valence-electron chi connectivity index (χ0n) is 14.4. The topological polar surface area (TPSA) is 113 Å². The summed E-state index contributed by atoms with van der Waals surface area (Å²) in [5.74, 6) is -0.0539. The number of hydrogen-bond acceptors (Lipinski definition) is 7. The molecule has 1 aliphatic rings. The smallest absolute Gasteiger partial charge is 0.253 e. The van der Waals surface area contributed by atoms with E-state index in [0.29, 0.717) is 10.8 Å². The quantitative estimate of drug-likeness (QED) is 0.533. The highest BCUT2D eigenvalue weighted by Gasteiger charge is 2.17. The number of morpholine rings is 1. The number of aromatic nitrogens is 2. The predicted octanol–water partition coefficient (Wildman–Crippen LogP) is 1.31. The monoisotopic (exact) mass is 375 g/mol. The molecule has 0 bridgehead atoms. The van der Waals surface area contributed by atoms with Crippen molar-refractivity contribution in [3.63, 3.8) is 0 Å². The van der Waals surface area contributed by atoms with Crippen LogP contribution in [0.1, 0.15) is 6.92 Å². The van der Waals surface area contributed by atoms with Crippen LogP contribution in [0.3, 0.4) is 0 Å². The van der Waals surface area contributed by atoms with E-state index >= 15 is 0 Å². The summed E-state index contributed by atoms with van der Waals surface area (Å²) < 4.78 is 5.35. The van der Waals surface area contributed by atoms with Crippen molar-refractivity contribution in [2.45, 2.75) is 17.3 Å². The minimum Gasteiger partial charge on any atom is -0.383 e. The fourth-order valence-electron chi connectivity index (χ4n) is 2.55. The molecule has 1 fully saturated rings. The highest BCUT2D eigenvalue weighted by Crippen LogP contribution is 2.22. The molecular formula is C17H21N5O3S. The lowest BCUT2D eigenvalue weighted by molar-refractivity contribution is -0.115. The number of carbonyl (C=O) groups excluding carboxylic acids is 1. The van der Waals surface area contributed by atoms with Crippen LogP contribution in [0.15, 0.2) is 40.3 Å². The van der Waals surface area contributed by atoms with Gasteiger partial charge in [-0.2, -0.15) is 0 Å². The number of nitrogens with zero attached hydrogens (tertiary/aromatic N) is 2. The first kappa shape index (κ1) is 18.3. The lowest BCUT2D eigenvalue weighted by Gasteiger charge is -2.28. The van der Waals surface area contributed by atoms with Gasteiger partial charge in [0.2, 0.25) is 5.91 Å². The zero-order valence-corrected chi connectivity index (χ0v) is 15.2. The summed E-state index contributed by atoms with van der Waals surface area (Å²) in [6.07, 6.45) is 0. The van der Waals surface area contributed by atoms with Crippen molar-refractivity contribution < 1.29 is 9.53 Å². The Morgan fingerprint density at radius 1 is 1.35 bits per heavy atom. The molecule has 8 nitrogen and oxygen atoms in total. The summed E-state index contributed by atoms with van der Waals surface area (Å²) in [4.78, 5) is 32.6. The molecule has 1 aromatic heterocycles. The number of ether oxygens (including phenoxy) is 1. The number of aromatic amines is 1. The first-order valence-corrected chi connectivity index (χ1v) is 9.16. The van der Waals surface area contributed by atoms with Crippen LogP contribution in [0.25, 0.3) is 0 Å². The van der Waals surface area contributed by atoms with E-state index in [0.717, 1.165) is 43.8 Å². The summed E-state index contributed by atoms with van der Waals surface area (Å²) in [7, 11) is 0. The minimum atomic E-state index is -0.445. The molecule has 0 spiro atoms. The first-order chi connectivity index (χ1) is 12.5. The van der Waals surface area contributed by atoms with Gasteiger partial charge in [0.15, 0.2) is 5.16 Å². The Hall–Kier alpha value is -2.52. The second-order valence-electron chi connectivity index (χ2n) is 5.87. The van der Waals surface area contributed by atoms with Crippen molar-refractivity contribution in [2.24, 2.45) is 0 Å². The highest BCUT2D eigenvalue weighted by molar-refractivity contribution is 8.00. The van der Waals surface area contributed by atoms with E-state index in [1.807, 2.05) is 24.3 Å². The number of H-pyrrole nitrogens is 1. The molecule has 1 unspecified atom stereocenters. The van der Waals surface area contributed by atoms with Crippen LogP contribution in [-0.4, -0.2) is 47.4 Å². The average molecular weight is 375 g/mol. The van der Waals surface area contributed by atoms with Crippen LogP contribution in [0.2, 0.25) is 0 Å². The number of amides is 1. The van der Waals surface area contributed by atoms with Crippen molar-refractivity contribution in [1.29, 1.82) is 0 Å². The molecule has 2 aromatic rings. The van der Waals surface area contributed by atoms with E-state index in [-0.39, 0.29) is 17.3 Å². The second-order valence-corrected chi connectivity index (χ2v) is 7.20. The average Bonchev–Trinajstić information content (AvgIpc) is 2.62. The number of anilines is 3. The van der Waals surface area contributed by atoms with Gasteiger partial charge in [-0.25, -0.2) is 4.98 Å².